The summed E-state index contributed by atoms with van der Waals surface area (Å²) in [6.45, 7) is 3.95. The molecule has 0 aromatic heterocycles. The fourth-order valence-corrected chi connectivity index (χ4v) is 3.47. The number of anilines is 2. The van der Waals surface area contributed by atoms with Gasteiger partial charge in [-0.25, -0.2) is 4.90 Å². The van der Waals surface area contributed by atoms with Crippen LogP contribution in [0.5, 0.6) is 0 Å². The Labute approximate surface area is 174 Å². The van der Waals surface area contributed by atoms with Crippen molar-refractivity contribution < 1.29 is 9.59 Å². The molecule has 0 spiro atoms. The highest BCUT2D eigenvalue weighted by Crippen LogP contribution is 2.34. The number of rotatable bonds is 4. The van der Waals surface area contributed by atoms with Gasteiger partial charge in [0.25, 0.3) is 11.8 Å². The maximum Gasteiger partial charge on any atom is 0.282 e. The van der Waals surface area contributed by atoms with Gasteiger partial charge in [0.1, 0.15) is 5.70 Å². The zero-order valence-corrected chi connectivity index (χ0v) is 16.8. The molecule has 0 radical (unpaired) electrons. The lowest BCUT2D eigenvalue weighted by atomic mass is 10.0. The highest BCUT2D eigenvalue weighted by Gasteiger charge is 2.40. The highest BCUT2D eigenvalue weighted by atomic mass is 35.5. The first kappa shape index (κ1) is 19.0. The summed E-state index contributed by atoms with van der Waals surface area (Å²) in [5, 5.41) is 3.77. The molecule has 4 nitrogen and oxygen atoms in total. The number of hydrogen-bond donors (Lipinski definition) is 1. The number of nitrogens with one attached hydrogen (secondary N) is 1. The van der Waals surface area contributed by atoms with Crippen LogP contribution in [-0.2, 0) is 9.59 Å². The third-order valence-corrected chi connectivity index (χ3v) is 5.14. The summed E-state index contributed by atoms with van der Waals surface area (Å²) in [4.78, 5) is 27.9. The number of amides is 2. The molecule has 0 bridgehead atoms. The second-order valence-electron chi connectivity index (χ2n) is 6.98. The van der Waals surface area contributed by atoms with E-state index in [0.717, 1.165) is 16.8 Å². The van der Waals surface area contributed by atoms with Gasteiger partial charge in [-0.1, -0.05) is 54.1 Å². The second kappa shape index (κ2) is 7.57. The first-order valence-corrected chi connectivity index (χ1v) is 9.62. The molecule has 1 aliphatic rings. The number of hydrogen-bond acceptors (Lipinski definition) is 3. The number of nitrogens with zero attached hydrogens (tertiary/aromatic N) is 1. The van der Waals surface area contributed by atoms with Crippen molar-refractivity contribution in [3.63, 3.8) is 0 Å². The van der Waals surface area contributed by atoms with Gasteiger partial charge in [0.05, 0.1) is 11.3 Å². The summed E-state index contributed by atoms with van der Waals surface area (Å²) in [5.41, 5.74) is 4.64. The SMILES string of the molecule is Cc1ccc(C)c(NC2=C(c3ccccc3)C(=O)N(c3ccc(Cl)cc3)C2=O)c1. The van der Waals surface area contributed by atoms with Crippen LogP contribution in [-0.4, -0.2) is 11.8 Å². The van der Waals surface area contributed by atoms with E-state index in [1.165, 1.54) is 4.90 Å². The van der Waals surface area contributed by atoms with E-state index < -0.39 is 5.91 Å². The van der Waals surface area contributed by atoms with Crippen molar-refractivity contribution in [1.82, 2.24) is 0 Å². The van der Waals surface area contributed by atoms with Crippen molar-refractivity contribution in [2.24, 2.45) is 0 Å². The number of imide groups is 1. The second-order valence-corrected chi connectivity index (χ2v) is 7.42. The van der Waals surface area contributed by atoms with Crippen molar-refractivity contribution in [2.75, 3.05) is 10.2 Å². The monoisotopic (exact) mass is 402 g/mol. The molecule has 0 saturated carbocycles. The van der Waals surface area contributed by atoms with Gasteiger partial charge in [-0.05, 0) is 60.9 Å². The molecule has 2 amide bonds. The average Bonchev–Trinajstić information content (AvgIpc) is 2.96. The number of halogens is 1. The third kappa shape index (κ3) is 3.55. The molecule has 144 valence electrons. The lowest BCUT2D eigenvalue weighted by Gasteiger charge is -2.16. The lowest BCUT2D eigenvalue weighted by Crippen LogP contribution is -2.32. The van der Waals surface area contributed by atoms with E-state index in [2.05, 4.69) is 5.32 Å². The zero-order chi connectivity index (χ0) is 20.5. The summed E-state index contributed by atoms with van der Waals surface area (Å²) in [6.07, 6.45) is 0. The van der Waals surface area contributed by atoms with E-state index in [1.807, 2.05) is 62.4 Å². The predicted octanol–water partition coefficient (Wildman–Crippen LogP) is 5.35. The molecule has 29 heavy (non-hydrogen) atoms. The molecule has 0 atom stereocenters. The molecule has 0 unspecified atom stereocenters. The minimum atomic E-state index is -0.392. The first-order chi connectivity index (χ1) is 14.0. The Bertz CT molecular complexity index is 1140. The molecule has 3 aromatic carbocycles. The number of carbonyl (C=O) groups is 2. The molecule has 1 heterocycles. The van der Waals surface area contributed by atoms with Crippen LogP contribution in [0.3, 0.4) is 0 Å². The van der Waals surface area contributed by atoms with E-state index in [0.29, 0.717) is 21.8 Å². The quantitative estimate of drug-likeness (QED) is 0.598. The molecule has 3 aromatic rings. The van der Waals surface area contributed by atoms with E-state index in [4.69, 9.17) is 11.6 Å². The topological polar surface area (TPSA) is 49.4 Å². The molecule has 0 fully saturated rings. The predicted molar refractivity (Wildman–Crippen MR) is 117 cm³/mol. The minimum absolute atomic E-state index is 0.268. The molecule has 4 rings (SSSR count). The summed E-state index contributed by atoms with van der Waals surface area (Å²) >= 11 is 5.97. The van der Waals surface area contributed by atoms with Gasteiger partial charge in [-0.15, -0.1) is 0 Å². The van der Waals surface area contributed by atoms with Crippen molar-refractivity contribution in [3.05, 3.63) is 100 Å². The number of aryl methyl sites for hydroxylation is 2. The highest BCUT2D eigenvalue weighted by molar-refractivity contribution is 6.46. The molecule has 0 saturated heterocycles. The standard InChI is InChI=1S/C24H19ClN2O2/c1-15-8-9-16(2)20(14-15)26-22-21(17-6-4-3-5-7-17)23(28)27(24(22)29)19-12-10-18(25)11-13-19/h3-14,26H,1-2H3. The summed E-state index contributed by atoms with van der Waals surface area (Å²) in [6, 6.07) is 21.9. The van der Waals surface area contributed by atoms with Gasteiger partial charge >= 0.3 is 0 Å². The maximum absolute atomic E-state index is 13.3. The van der Waals surface area contributed by atoms with Crippen LogP contribution in [0.25, 0.3) is 5.57 Å². The first-order valence-electron chi connectivity index (χ1n) is 9.24. The van der Waals surface area contributed by atoms with Crippen LogP contribution in [0.15, 0.2) is 78.5 Å². The van der Waals surface area contributed by atoms with Crippen molar-refractivity contribution in [2.45, 2.75) is 13.8 Å². The average molecular weight is 403 g/mol. The Kier molecular flexibility index (Phi) is 4.95. The Morgan fingerprint density at radius 1 is 0.828 bits per heavy atom. The molecule has 5 heteroatoms. The van der Waals surface area contributed by atoms with Crippen LogP contribution in [0.4, 0.5) is 11.4 Å². The van der Waals surface area contributed by atoms with Gasteiger partial charge in [-0.3, -0.25) is 9.59 Å². The number of carbonyl (C=O) groups excluding carboxylic acids is 2. The van der Waals surface area contributed by atoms with E-state index >= 15 is 0 Å². The van der Waals surface area contributed by atoms with Crippen molar-refractivity contribution in [1.29, 1.82) is 0 Å². The van der Waals surface area contributed by atoms with Crippen LogP contribution in [0.2, 0.25) is 5.02 Å². The molecule has 1 aliphatic heterocycles. The van der Waals surface area contributed by atoms with E-state index in [-0.39, 0.29) is 11.6 Å². The fourth-order valence-electron chi connectivity index (χ4n) is 3.35. The molecular weight excluding hydrogens is 384 g/mol. The van der Waals surface area contributed by atoms with Crippen LogP contribution in [0, 0.1) is 13.8 Å². The third-order valence-electron chi connectivity index (χ3n) is 4.88. The van der Waals surface area contributed by atoms with Crippen molar-refractivity contribution >= 4 is 40.4 Å². The maximum atomic E-state index is 13.3. The van der Waals surface area contributed by atoms with Gasteiger partial charge in [0, 0.05) is 10.7 Å². The van der Waals surface area contributed by atoms with E-state index in [9.17, 15) is 9.59 Å². The molecular formula is C24H19ClN2O2. The Morgan fingerprint density at radius 3 is 2.21 bits per heavy atom. The largest absolute Gasteiger partial charge is 0.350 e. The zero-order valence-electron chi connectivity index (χ0n) is 16.1. The van der Waals surface area contributed by atoms with Gasteiger partial charge in [-0.2, -0.15) is 0 Å². The van der Waals surface area contributed by atoms with Crippen LogP contribution >= 0.6 is 11.6 Å². The fraction of sp³-hybridized carbons (Fsp3) is 0.0833. The van der Waals surface area contributed by atoms with Crippen molar-refractivity contribution in [3.8, 4) is 0 Å². The Balaban J connectivity index is 1.83. The van der Waals surface area contributed by atoms with Crippen LogP contribution in [0.1, 0.15) is 16.7 Å². The summed E-state index contributed by atoms with van der Waals surface area (Å²) in [5.74, 6) is -0.756. The molecule has 0 aliphatic carbocycles. The van der Waals surface area contributed by atoms with Gasteiger partial charge in [0.15, 0.2) is 0 Å². The lowest BCUT2D eigenvalue weighted by molar-refractivity contribution is -0.120. The smallest absolute Gasteiger partial charge is 0.282 e. The normalized spacial score (nSPS) is 14.0. The van der Waals surface area contributed by atoms with Crippen LogP contribution < -0.4 is 10.2 Å². The van der Waals surface area contributed by atoms with E-state index in [1.54, 1.807) is 24.3 Å². The number of benzene rings is 3. The molecule has 1 N–H and O–H groups in total. The Morgan fingerprint density at radius 2 is 1.52 bits per heavy atom. The summed E-state index contributed by atoms with van der Waals surface area (Å²) < 4.78 is 0. The van der Waals surface area contributed by atoms with Gasteiger partial charge in [0.2, 0.25) is 0 Å². The van der Waals surface area contributed by atoms with Gasteiger partial charge < -0.3 is 5.32 Å². The Hall–Kier alpha value is -3.37. The minimum Gasteiger partial charge on any atom is -0.350 e. The summed E-state index contributed by atoms with van der Waals surface area (Å²) in [7, 11) is 0.